The third kappa shape index (κ3) is 4.72. The first-order chi connectivity index (χ1) is 14.9. The summed E-state index contributed by atoms with van der Waals surface area (Å²) in [5.41, 5.74) is 6.32. The molecule has 31 heavy (non-hydrogen) atoms. The number of nitrogens with two attached hydrogens (primary N) is 1. The number of aromatic nitrogens is 2. The van der Waals surface area contributed by atoms with E-state index in [4.69, 9.17) is 21.9 Å². The molecule has 1 aliphatic heterocycles. The first-order valence-electron chi connectivity index (χ1n) is 10.5. The molecule has 0 bridgehead atoms. The number of carbonyl (C=O) groups excluding carboxylic acids is 1. The number of alkyl halides is 1. The summed E-state index contributed by atoms with van der Waals surface area (Å²) in [6.07, 6.45) is 7.89. The fourth-order valence-corrected chi connectivity index (χ4v) is 4.54. The predicted octanol–water partition coefficient (Wildman–Crippen LogP) is 4.63. The Hall–Kier alpha value is -2.51. The molecule has 1 aliphatic carbocycles. The van der Waals surface area contributed by atoms with Gasteiger partial charge in [0.15, 0.2) is 0 Å². The van der Waals surface area contributed by atoms with Gasteiger partial charge in [-0.3, -0.25) is 4.79 Å². The van der Waals surface area contributed by atoms with Crippen molar-refractivity contribution in [3.63, 3.8) is 0 Å². The molecule has 164 valence electrons. The van der Waals surface area contributed by atoms with Crippen LogP contribution in [-0.2, 0) is 4.79 Å². The van der Waals surface area contributed by atoms with Gasteiger partial charge in [-0.25, -0.2) is 4.39 Å². The van der Waals surface area contributed by atoms with E-state index >= 15 is 0 Å². The number of carbonyl (C=O) groups is 1. The van der Waals surface area contributed by atoms with Crippen LogP contribution in [0.1, 0.15) is 44.5 Å². The van der Waals surface area contributed by atoms with Crippen molar-refractivity contribution in [3.8, 4) is 11.4 Å². The molecule has 1 saturated heterocycles. The molecule has 2 N–H and O–H groups in total. The molecular weight excluding hydrogens is 419 g/mol. The first-order valence-corrected chi connectivity index (χ1v) is 10.9. The van der Waals surface area contributed by atoms with E-state index in [9.17, 15) is 9.18 Å². The molecule has 1 amide bonds. The van der Waals surface area contributed by atoms with Crippen molar-refractivity contribution in [1.29, 1.82) is 0 Å². The van der Waals surface area contributed by atoms with Crippen molar-refractivity contribution in [1.82, 2.24) is 15.0 Å². The summed E-state index contributed by atoms with van der Waals surface area (Å²) >= 11 is 6.05. The van der Waals surface area contributed by atoms with Gasteiger partial charge in [0.05, 0.1) is 0 Å². The van der Waals surface area contributed by atoms with E-state index in [0.717, 1.165) is 18.4 Å². The second kappa shape index (κ2) is 8.93. The number of nitrogens with zero attached hydrogens (tertiary/aromatic N) is 3. The second-order valence-corrected chi connectivity index (χ2v) is 8.97. The molecule has 1 aromatic carbocycles. The quantitative estimate of drug-likeness (QED) is 0.701. The lowest BCUT2D eigenvalue weighted by molar-refractivity contribution is -0.133. The van der Waals surface area contributed by atoms with Gasteiger partial charge in [-0.2, -0.15) is 4.98 Å². The van der Waals surface area contributed by atoms with Gasteiger partial charge in [-0.05, 0) is 37.5 Å². The van der Waals surface area contributed by atoms with Gasteiger partial charge in [-0.15, -0.1) is 0 Å². The summed E-state index contributed by atoms with van der Waals surface area (Å²) in [6.45, 7) is 2.44. The standard InChI is InChI=1S/C23H26ClFN4O2/c1-23(10-3-2-9-19(23)25)14-17(26)13-20(30)29-11-5-8-18(29)22-27-21(28-31-22)15-6-4-7-16(24)12-15/h2-4,6-7,9-10,12,17-19H,5,8,11,13-14,26H2,1H3. The smallest absolute Gasteiger partial charge is 0.249 e. The molecule has 2 aromatic rings. The molecule has 6 nitrogen and oxygen atoms in total. The van der Waals surface area contributed by atoms with Crippen LogP contribution < -0.4 is 5.73 Å². The molecule has 4 rings (SSSR count). The fraction of sp³-hybridized carbons (Fsp3) is 0.435. The first kappa shape index (κ1) is 21.7. The second-order valence-electron chi connectivity index (χ2n) is 8.53. The summed E-state index contributed by atoms with van der Waals surface area (Å²) in [5.74, 6) is 0.768. The maximum atomic E-state index is 14.4. The summed E-state index contributed by atoms with van der Waals surface area (Å²) < 4.78 is 19.8. The topological polar surface area (TPSA) is 85.3 Å². The van der Waals surface area contributed by atoms with E-state index in [2.05, 4.69) is 10.1 Å². The van der Waals surface area contributed by atoms with Gasteiger partial charge < -0.3 is 15.2 Å². The number of amides is 1. The molecule has 8 heteroatoms. The van der Waals surface area contributed by atoms with Crippen molar-refractivity contribution in [2.24, 2.45) is 11.1 Å². The van der Waals surface area contributed by atoms with E-state index in [1.165, 1.54) is 6.08 Å². The highest BCUT2D eigenvalue weighted by atomic mass is 35.5. The number of likely N-dealkylation sites (tertiary alicyclic amines) is 1. The average molecular weight is 445 g/mol. The Kier molecular flexibility index (Phi) is 6.25. The molecule has 2 heterocycles. The van der Waals surface area contributed by atoms with Crippen LogP contribution in [0, 0.1) is 5.41 Å². The third-order valence-electron chi connectivity index (χ3n) is 6.02. The van der Waals surface area contributed by atoms with Gasteiger partial charge in [-0.1, -0.05) is 54.0 Å². The molecule has 0 radical (unpaired) electrons. The highest BCUT2D eigenvalue weighted by molar-refractivity contribution is 6.30. The maximum absolute atomic E-state index is 14.4. The van der Waals surface area contributed by atoms with Crippen LogP contribution in [0.25, 0.3) is 11.4 Å². The zero-order valence-electron chi connectivity index (χ0n) is 17.4. The molecule has 4 atom stereocenters. The largest absolute Gasteiger partial charge is 0.337 e. The van der Waals surface area contributed by atoms with Gasteiger partial charge >= 0.3 is 0 Å². The zero-order chi connectivity index (χ0) is 22.0. The van der Waals surface area contributed by atoms with Crippen molar-refractivity contribution in [3.05, 3.63) is 59.5 Å². The Morgan fingerprint density at radius 2 is 2.29 bits per heavy atom. The number of hydrogen-bond donors (Lipinski definition) is 1. The van der Waals surface area contributed by atoms with Gasteiger partial charge in [0.25, 0.3) is 0 Å². The Bertz CT molecular complexity index is 1010. The Labute approximate surface area is 185 Å². The van der Waals surface area contributed by atoms with Gasteiger partial charge in [0.1, 0.15) is 12.2 Å². The number of halogens is 2. The minimum Gasteiger partial charge on any atom is -0.337 e. The van der Waals surface area contributed by atoms with Crippen LogP contribution >= 0.6 is 11.6 Å². The minimum absolute atomic E-state index is 0.0770. The Balaban J connectivity index is 1.42. The van der Waals surface area contributed by atoms with E-state index in [1.807, 2.05) is 31.2 Å². The molecule has 1 aromatic heterocycles. The highest BCUT2D eigenvalue weighted by Gasteiger charge is 2.37. The van der Waals surface area contributed by atoms with Crippen LogP contribution in [0.5, 0.6) is 0 Å². The summed E-state index contributed by atoms with van der Waals surface area (Å²) in [5, 5.41) is 4.64. The monoisotopic (exact) mass is 444 g/mol. The van der Waals surface area contributed by atoms with Gasteiger partial charge in [0, 0.05) is 35.0 Å². The average Bonchev–Trinajstić information content (AvgIpc) is 3.39. The van der Waals surface area contributed by atoms with Crippen LogP contribution in [0.3, 0.4) is 0 Å². The molecule has 4 unspecified atom stereocenters. The predicted molar refractivity (Wildman–Crippen MR) is 117 cm³/mol. The number of allylic oxidation sites excluding steroid dienone is 4. The normalized spacial score (nSPS) is 26.4. The SMILES string of the molecule is CC1(CC(N)CC(=O)N2CCCC2c2nc(-c3cccc(Cl)c3)no2)C=CC=CC1F. The molecule has 2 aliphatic rings. The van der Waals surface area contributed by atoms with Crippen LogP contribution in [-0.4, -0.2) is 39.7 Å². The molecule has 1 fully saturated rings. The fourth-order valence-electron chi connectivity index (χ4n) is 4.35. The Morgan fingerprint density at radius 3 is 3.06 bits per heavy atom. The van der Waals surface area contributed by atoms with Crippen molar-refractivity contribution in [2.75, 3.05) is 6.54 Å². The van der Waals surface area contributed by atoms with Crippen molar-refractivity contribution in [2.45, 2.75) is 50.9 Å². The number of hydrogen-bond acceptors (Lipinski definition) is 5. The van der Waals surface area contributed by atoms with E-state index in [1.54, 1.807) is 23.1 Å². The summed E-state index contributed by atoms with van der Waals surface area (Å²) in [7, 11) is 0. The minimum atomic E-state index is -1.11. The molecule has 0 spiro atoms. The Morgan fingerprint density at radius 1 is 1.45 bits per heavy atom. The number of rotatable bonds is 6. The summed E-state index contributed by atoms with van der Waals surface area (Å²) in [4.78, 5) is 19.3. The molecular formula is C23H26ClFN4O2. The van der Waals surface area contributed by atoms with Crippen LogP contribution in [0.2, 0.25) is 5.02 Å². The van der Waals surface area contributed by atoms with Crippen LogP contribution in [0.15, 0.2) is 53.1 Å². The van der Waals surface area contributed by atoms with Crippen molar-refractivity contribution >= 4 is 17.5 Å². The highest BCUT2D eigenvalue weighted by Crippen LogP contribution is 2.36. The lowest BCUT2D eigenvalue weighted by atomic mass is 9.76. The van der Waals surface area contributed by atoms with Gasteiger partial charge in [0.2, 0.25) is 17.6 Å². The zero-order valence-corrected chi connectivity index (χ0v) is 18.1. The lowest BCUT2D eigenvalue weighted by Gasteiger charge is -2.33. The lowest BCUT2D eigenvalue weighted by Crippen LogP contribution is -2.40. The maximum Gasteiger partial charge on any atom is 0.249 e. The van der Waals surface area contributed by atoms with Crippen LogP contribution in [0.4, 0.5) is 4.39 Å². The summed E-state index contributed by atoms with van der Waals surface area (Å²) in [6, 6.07) is 6.49. The van der Waals surface area contributed by atoms with E-state index < -0.39 is 17.6 Å². The van der Waals surface area contributed by atoms with E-state index in [-0.39, 0.29) is 18.4 Å². The van der Waals surface area contributed by atoms with E-state index in [0.29, 0.717) is 29.7 Å². The third-order valence-corrected chi connectivity index (χ3v) is 6.25. The molecule has 0 saturated carbocycles. The van der Waals surface area contributed by atoms with Crippen molar-refractivity contribution < 1.29 is 13.7 Å². The number of benzene rings is 1.